The van der Waals surface area contributed by atoms with E-state index in [1.54, 1.807) is 26.0 Å². The van der Waals surface area contributed by atoms with Crippen molar-refractivity contribution in [3.63, 3.8) is 0 Å². The molecule has 0 aliphatic carbocycles. The Morgan fingerprint density at radius 3 is 2.18 bits per heavy atom. The fourth-order valence-corrected chi connectivity index (χ4v) is 3.56. The second-order valence-electron chi connectivity index (χ2n) is 7.74. The topological polar surface area (TPSA) is 67.9 Å². The highest BCUT2D eigenvalue weighted by Gasteiger charge is 2.26. The third kappa shape index (κ3) is 6.59. The van der Waals surface area contributed by atoms with Gasteiger partial charge >= 0.3 is 0 Å². The third-order valence-electron chi connectivity index (χ3n) is 5.52. The summed E-state index contributed by atoms with van der Waals surface area (Å²) >= 11 is 0. The molecule has 1 atom stereocenters. The molecular formula is C27H30N2O4. The molecule has 6 nitrogen and oxygen atoms in total. The summed E-state index contributed by atoms with van der Waals surface area (Å²) in [7, 11) is 3.21. The highest BCUT2D eigenvalue weighted by atomic mass is 16.5. The van der Waals surface area contributed by atoms with Crippen molar-refractivity contribution in [2.45, 2.75) is 32.5 Å². The molecule has 6 heteroatoms. The number of carbonyl (C=O) groups is 2. The Labute approximate surface area is 195 Å². The predicted octanol–water partition coefficient (Wildman–Crippen LogP) is 3.98. The van der Waals surface area contributed by atoms with Crippen molar-refractivity contribution in [1.82, 2.24) is 10.2 Å². The van der Waals surface area contributed by atoms with Crippen LogP contribution in [0.2, 0.25) is 0 Å². The molecule has 0 spiro atoms. The van der Waals surface area contributed by atoms with E-state index in [0.29, 0.717) is 18.8 Å². The maximum Gasteiger partial charge on any atom is 0.242 e. The van der Waals surface area contributed by atoms with E-state index in [0.717, 1.165) is 22.4 Å². The number of benzene rings is 3. The molecule has 33 heavy (non-hydrogen) atoms. The van der Waals surface area contributed by atoms with Crippen molar-refractivity contribution >= 4 is 11.8 Å². The zero-order valence-corrected chi connectivity index (χ0v) is 19.3. The van der Waals surface area contributed by atoms with Crippen molar-refractivity contribution in [2.24, 2.45) is 0 Å². The molecule has 0 heterocycles. The first kappa shape index (κ1) is 23.9. The van der Waals surface area contributed by atoms with Crippen LogP contribution in [0, 0.1) is 0 Å². The smallest absolute Gasteiger partial charge is 0.242 e. The number of hydrogen-bond acceptors (Lipinski definition) is 4. The first-order valence-electron chi connectivity index (χ1n) is 10.9. The molecule has 0 saturated heterocycles. The first-order valence-corrected chi connectivity index (χ1v) is 10.9. The van der Waals surface area contributed by atoms with Crippen LogP contribution in [0.4, 0.5) is 0 Å². The third-order valence-corrected chi connectivity index (χ3v) is 5.52. The second kappa shape index (κ2) is 11.7. The van der Waals surface area contributed by atoms with E-state index >= 15 is 0 Å². The summed E-state index contributed by atoms with van der Waals surface area (Å²) in [6, 6.07) is 23.9. The van der Waals surface area contributed by atoms with Crippen LogP contribution >= 0.6 is 0 Å². The zero-order chi connectivity index (χ0) is 23.6. The Balaban J connectivity index is 1.75. The maximum atomic E-state index is 13.3. The second-order valence-corrected chi connectivity index (χ2v) is 7.74. The molecule has 1 N–H and O–H groups in total. The average molecular weight is 447 g/mol. The van der Waals surface area contributed by atoms with E-state index < -0.39 is 6.04 Å². The molecule has 0 aliphatic heterocycles. The van der Waals surface area contributed by atoms with E-state index in [9.17, 15) is 9.59 Å². The van der Waals surface area contributed by atoms with Gasteiger partial charge in [-0.1, -0.05) is 60.7 Å². The molecule has 3 aromatic carbocycles. The number of para-hydroxylation sites is 1. The lowest BCUT2D eigenvalue weighted by atomic mass is 10.1. The summed E-state index contributed by atoms with van der Waals surface area (Å²) in [5, 5.41) is 2.94. The Hall–Kier alpha value is -3.80. The number of ether oxygens (including phenoxy) is 2. The van der Waals surface area contributed by atoms with E-state index in [1.807, 2.05) is 78.9 Å². The van der Waals surface area contributed by atoms with Crippen molar-refractivity contribution in [1.29, 1.82) is 0 Å². The molecular weight excluding hydrogens is 416 g/mol. The molecule has 0 bridgehead atoms. The largest absolute Gasteiger partial charge is 0.497 e. The van der Waals surface area contributed by atoms with Gasteiger partial charge in [0.15, 0.2) is 0 Å². The molecule has 3 rings (SSSR count). The molecule has 3 aromatic rings. The van der Waals surface area contributed by atoms with Gasteiger partial charge in [0.1, 0.15) is 17.5 Å². The van der Waals surface area contributed by atoms with Crippen molar-refractivity contribution < 1.29 is 19.1 Å². The van der Waals surface area contributed by atoms with Gasteiger partial charge in [-0.15, -0.1) is 0 Å². The van der Waals surface area contributed by atoms with Crippen LogP contribution in [-0.2, 0) is 29.1 Å². The molecule has 0 fully saturated rings. The summed E-state index contributed by atoms with van der Waals surface area (Å²) < 4.78 is 10.6. The fraction of sp³-hybridized carbons (Fsp3) is 0.259. The minimum absolute atomic E-state index is 0.114. The summed E-state index contributed by atoms with van der Waals surface area (Å²) in [6.07, 6.45) is 0.223. The number of carbonyl (C=O) groups excluding carboxylic acids is 2. The Bertz CT molecular complexity index is 1050. The minimum Gasteiger partial charge on any atom is -0.497 e. The Morgan fingerprint density at radius 2 is 1.52 bits per heavy atom. The normalized spacial score (nSPS) is 11.4. The maximum absolute atomic E-state index is 13.3. The van der Waals surface area contributed by atoms with E-state index in [1.165, 1.54) is 0 Å². The first-order chi connectivity index (χ1) is 16.0. The molecule has 0 saturated carbocycles. The standard InChI is InChI=1S/C27H30N2O4/c1-20(27(31)28-18-23-11-7-8-12-25(23)33-3)29(19-22-13-15-24(32-2)16-14-22)26(30)17-21-9-5-4-6-10-21/h4-16,20H,17-19H2,1-3H3,(H,28,31)/t20-/m1/s1. The van der Waals surface area contributed by atoms with Gasteiger partial charge < -0.3 is 19.7 Å². The van der Waals surface area contributed by atoms with Gasteiger partial charge in [0.05, 0.1) is 20.6 Å². The van der Waals surface area contributed by atoms with Gasteiger partial charge in [-0.3, -0.25) is 9.59 Å². The van der Waals surface area contributed by atoms with Crippen LogP contribution in [0.25, 0.3) is 0 Å². The lowest BCUT2D eigenvalue weighted by molar-refractivity contribution is -0.140. The molecule has 0 radical (unpaired) electrons. The monoisotopic (exact) mass is 446 g/mol. The van der Waals surface area contributed by atoms with Gasteiger partial charge in [-0.25, -0.2) is 0 Å². The van der Waals surface area contributed by atoms with Crippen LogP contribution in [-0.4, -0.2) is 37.0 Å². The molecule has 172 valence electrons. The van der Waals surface area contributed by atoms with Crippen LogP contribution in [0.5, 0.6) is 11.5 Å². The average Bonchev–Trinajstić information content (AvgIpc) is 2.86. The Kier molecular flexibility index (Phi) is 8.47. The fourth-order valence-electron chi connectivity index (χ4n) is 3.56. The molecule has 0 aromatic heterocycles. The number of amides is 2. The number of methoxy groups -OCH3 is 2. The summed E-state index contributed by atoms with van der Waals surface area (Å²) in [4.78, 5) is 27.9. The van der Waals surface area contributed by atoms with Crippen LogP contribution in [0.3, 0.4) is 0 Å². The number of hydrogen-bond donors (Lipinski definition) is 1. The highest BCUT2D eigenvalue weighted by molar-refractivity contribution is 5.88. The van der Waals surface area contributed by atoms with Gasteiger partial charge in [0.25, 0.3) is 0 Å². The van der Waals surface area contributed by atoms with Crippen molar-refractivity contribution in [3.8, 4) is 11.5 Å². The Morgan fingerprint density at radius 1 is 0.848 bits per heavy atom. The quantitative estimate of drug-likeness (QED) is 0.512. The lowest BCUT2D eigenvalue weighted by Gasteiger charge is -2.29. The van der Waals surface area contributed by atoms with Crippen molar-refractivity contribution in [3.05, 3.63) is 95.6 Å². The minimum atomic E-state index is -0.655. The van der Waals surface area contributed by atoms with Crippen LogP contribution in [0.1, 0.15) is 23.6 Å². The zero-order valence-electron chi connectivity index (χ0n) is 19.3. The summed E-state index contributed by atoms with van der Waals surface area (Å²) in [6.45, 7) is 2.39. The van der Waals surface area contributed by atoms with Gasteiger partial charge in [-0.05, 0) is 36.2 Å². The highest BCUT2D eigenvalue weighted by Crippen LogP contribution is 2.18. The summed E-state index contributed by atoms with van der Waals surface area (Å²) in [5.41, 5.74) is 2.70. The molecule has 0 aliphatic rings. The number of rotatable bonds is 10. The lowest BCUT2D eigenvalue weighted by Crippen LogP contribution is -2.48. The predicted molar refractivity (Wildman–Crippen MR) is 128 cm³/mol. The number of nitrogens with one attached hydrogen (secondary N) is 1. The molecule has 2 amide bonds. The van der Waals surface area contributed by atoms with E-state index in [4.69, 9.17) is 9.47 Å². The van der Waals surface area contributed by atoms with Crippen LogP contribution < -0.4 is 14.8 Å². The van der Waals surface area contributed by atoms with Gasteiger partial charge in [-0.2, -0.15) is 0 Å². The van der Waals surface area contributed by atoms with Crippen molar-refractivity contribution in [2.75, 3.05) is 14.2 Å². The van der Waals surface area contributed by atoms with E-state index in [-0.39, 0.29) is 18.2 Å². The van der Waals surface area contributed by atoms with Crippen LogP contribution in [0.15, 0.2) is 78.9 Å². The molecule has 0 unspecified atom stereocenters. The van der Waals surface area contributed by atoms with Gasteiger partial charge in [0.2, 0.25) is 11.8 Å². The summed E-state index contributed by atoms with van der Waals surface area (Å²) in [5.74, 6) is 1.11. The SMILES string of the molecule is COc1ccc(CN(C(=O)Cc2ccccc2)[C@H](C)C(=O)NCc2ccccc2OC)cc1. The van der Waals surface area contributed by atoms with Gasteiger partial charge in [0, 0.05) is 18.7 Å². The van der Waals surface area contributed by atoms with E-state index in [2.05, 4.69) is 5.32 Å². The number of nitrogens with zero attached hydrogens (tertiary/aromatic N) is 1.